The monoisotopic (exact) mass is 421 g/mol. The number of carbonyl (C=O) groups excluding carboxylic acids is 1. The van der Waals surface area contributed by atoms with Crippen molar-refractivity contribution >= 4 is 40.9 Å². The van der Waals surface area contributed by atoms with Gasteiger partial charge in [0.25, 0.3) is 0 Å². The second-order valence-corrected chi connectivity index (χ2v) is 8.51. The average Bonchev–Trinajstić information content (AvgIpc) is 3.16. The summed E-state index contributed by atoms with van der Waals surface area (Å²) in [4.78, 5) is 14.9. The van der Waals surface area contributed by atoms with Crippen LogP contribution in [0, 0.1) is 0 Å². The van der Waals surface area contributed by atoms with Gasteiger partial charge in [-0.25, -0.2) is 9.48 Å². The Morgan fingerprint density at radius 2 is 2.04 bits per heavy atom. The molecule has 2 aromatic rings. The van der Waals surface area contributed by atoms with E-state index in [0.29, 0.717) is 28.6 Å². The zero-order valence-corrected chi connectivity index (χ0v) is 18.0. The number of hydrogen-bond acceptors (Lipinski definition) is 4. The van der Waals surface area contributed by atoms with Crippen molar-refractivity contribution in [2.75, 3.05) is 35.7 Å². The summed E-state index contributed by atoms with van der Waals surface area (Å²) in [5, 5.41) is 10.7. The van der Waals surface area contributed by atoms with E-state index in [0.717, 1.165) is 25.9 Å². The number of likely N-dealkylation sites (tertiary alicyclic amines) is 1. The summed E-state index contributed by atoms with van der Waals surface area (Å²) in [6.07, 6.45) is 7.19. The molecule has 3 rings (SSSR count). The van der Waals surface area contributed by atoms with Crippen molar-refractivity contribution in [3.05, 3.63) is 41.6 Å². The van der Waals surface area contributed by atoms with E-state index in [9.17, 15) is 4.79 Å². The molecule has 1 atom stereocenters. The molecule has 2 N–H and O–H groups in total. The lowest BCUT2D eigenvalue weighted by Gasteiger charge is -2.36. The van der Waals surface area contributed by atoms with E-state index in [1.165, 1.54) is 12.2 Å². The van der Waals surface area contributed by atoms with E-state index in [1.54, 1.807) is 18.3 Å². The number of aromatic nitrogens is 2. The van der Waals surface area contributed by atoms with Crippen LogP contribution in [0.5, 0.6) is 0 Å². The topological polar surface area (TPSA) is 62.2 Å². The Balaban J connectivity index is 1.56. The lowest BCUT2D eigenvalue weighted by Crippen LogP contribution is -2.41. The number of halogens is 1. The predicted molar refractivity (Wildman–Crippen MR) is 119 cm³/mol. The van der Waals surface area contributed by atoms with Crippen LogP contribution in [-0.2, 0) is 0 Å². The number of anilines is 2. The number of nitrogens with one attached hydrogen (secondary N) is 2. The van der Waals surface area contributed by atoms with Gasteiger partial charge >= 0.3 is 6.03 Å². The van der Waals surface area contributed by atoms with E-state index < -0.39 is 0 Å². The molecule has 2 amide bonds. The number of amides is 2. The SMILES string of the molecule is CSCC[C@@H](C)N1CCC(n2nccc2NC(=O)Nc2ccccc2Cl)CC1. The van der Waals surface area contributed by atoms with Crippen LogP contribution in [0.15, 0.2) is 36.5 Å². The van der Waals surface area contributed by atoms with Gasteiger partial charge < -0.3 is 10.2 Å². The van der Waals surface area contributed by atoms with Gasteiger partial charge in [0.1, 0.15) is 5.82 Å². The van der Waals surface area contributed by atoms with Crippen molar-refractivity contribution in [2.24, 2.45) is 0 Å². The van der Waals surface area contributed by atoms with Gasteiger partial charge in [0, 0.05) is 25.2 Å². The fraction of sp³-hybridized carbons (Fsp3) is 0.500. The second-order valence-electron chi connectivity index (χ2n) is 7.12. The number of urea groups is 1. The summed E-state index contributed by atoms with van der Waals surface area (Å²) in [5.74, 6) is 1.91. The molecule has 1 aromatic heterocycles. The third-order valence-electron chi connectivity index (χ3n) is 5.24. The van der Waals surface area contributed by atoms with Crippen molar-refractivity contribution in [3.8, 4) is 0 Å². The van der Waals surface area contributed by atoms with Crippen molar-refractivity contribution in [1.82, 2.24) is 14.7 Å². The number of benzene rings is 1. The summed E-state index contributed by atoms with van der Waals surface area (Å²) in [7, 11) is 0. The highest BCUT2D eigenvalue weighted by molar-refractivity contribution is 7.98. The highest BCUT2D eigenvalue weighted by Crippen LogP contribution is 2.27. The number of carbonyl (C=O) groups is 1. The number of thioether (sulfide) groups is 1. The van der Waals surface area contributed by atoms with Crippen molar-refractivity contribution < 1.29 is 4.79 Å². The van der Waals surface area contributed by atoms with Gasteiger partial charge in [-0.15, -0.1) is 0 Å². The molecule has 152 valence electrons. The fourth-order valence-electron chi connectivity index (χ4n) is 3.58. The Bertz CT molecular complexity index is 775. The zero-order chi connectivity index (χ0) is 19.9. The third-order valence-corrected chi connectivity index (χ3v) is 6.22. The summed E-state index contributed by atoms with van der Waals surface area (Å²) in [6.45, 7) is 4.44. The van der Waals surface area contributed by atoms with Gasteiger partial charge in [0.2, 0.25) is 0 Å². The molecule has 2 heterocycles. The lowest BCUT2D eigenvalue weighted by molar-refractivity contribution is 0.137. The minimum atomic E-state index is -0.321. The molecule has 1 aliphatic heterocycles. The minimum absolute atomic E-state index is 0.301. The van der Waals surface area contributed by atoms with Crippen LogP contribution in [0.3, 0.4) is 0 Å². The first-order valence-electron chi connectivity index (χ1n) is 9.67. The smallest absolute Gasteiger partial charge is 0.306 e. The maximum Gasteiger partial charge on any atom is 0.324 e. The molecule has 0 unspecified atom stereocenters. The number of para-hydroxylation sites is 1. The lowest BCUT2D eigenvalue weighted by atomic mass is 10.0. The molecular formula is C20H28ClN5OS. The molecule has 1 aliphatic rings. The van der Waals surface area contributed by atoms with Crippen molar-refractivity contribution in [1.29, 1.82) is 0 Å². The van der Waals surface area contributed by atoms with Crippen LogP contribution >= 0.6 is 23.4 Å². The summed E-state index contributed by atoms with van der Waals surface area (Å²) in [6, 6.07) is 9.61. The average molecular weight is 422 g/mol. The van der Waals surface area contributed by atoms with Gasteiger partial charge in [-0.05, 0) is 50.3 Å². The summed E-state index contributed by atoms with van der Waals surface area (Å²) < 4.78 is 1.94. The molecule has 8 heteroatoms. The van der Waals surface area contributed by atoms with Gasteiger partial charge in [-0.2, -0.15) is 16.9 Å². The number of hydrogen-bond donors (Lipinski definition) is 2. The first-order valence-corrected chi connectivity index (χ1v) is 11.4. The number of piperidine rings is 1. The molecule has 0 saturated carbocycles. The Morgan fingerprint density at radius 1 is 1.29 bits per heavy atom. The summed E-state index contributed by atoms with van der Waals surface area (Å²) >= 11 is 8.01. The highest BCUT2D eigenvalue weighted by Gasteiger charge is 2.25. The normalized spacial score (nSPS) is 16.7. The van der Waals surface area contributed by atoms with Crippen molar-refractivity contribution in [2.45, 2.75) is 38.3 Å². The molecule has 0 aliphatic carbocycles. The summed E-state index contributed by atoms with van der Waals surface area (Å²) in [5.41, 5.74) is 0.584. The third kappa shape index (κ3) is 5.43. The van der Waals surface area contributed by atoms with Gasteiger partial charge in [0.15, 0.2) is 0 Å². The van der Waals surface area contributed by atoms with Gasteiger partial charge in [0.05, 0.1) is 22.9 Å². The maximum atomic E-state index is 12.4. The van der Waals surface area contributed by atoms with Crippen LogP contribution in [0.1, 0.15) is 32.2 Å². The molecule has 0 spiro atoms. The first-order chi connectivity index (χ1) is 13.6. The molecule has 0 radical (unpaired) electrons. The van der Waals surface area contributed by atoms with Crippen LogP contribution in [0.25, 0.3) is 0 Å². The van der Waals surface area contributed by atoms with E-state index in [4.69, 9.17) is 11.6 Å². The van der Waals surface area contributed by atoms with Crippen molar-refractivity contribution in [3.63, 3.8) is 0 Å². The Kier molecular flexibility index (Phi) is 7.65. The van der Waals surface area contributed by atoms with E-state index in [2.05, 4.69) is 33.8 Å². The highest BCUT2D eigenvalue weighted by atomic mass is 35.5. The van der Waals surface area contributed by atoms with Gasteiger partial charge in [-0.1, -0.05) is 23.7 Å². The Morgan fingerprint density at radius 3 is 2.75 bits per heavy atom. The molecule has 1 fully saturated rings. The fourth-order valence-corrected chi connectivity index (χ4v) is 4.34. The molecule has 1 saturated heterocycles. The molecule has 28 heavy (non-hydrogen) atoms. The molecular weight excluding hydrogens is 394 g/mol. The molecule has 6 nitrogen and oxygen atoms in total. The standard InChI is InChI=1S/C20H28ClN5OS/c1-15(10-14-28-2)25-12-8-16(9-13-25)26-19(7-11-22-26)24-20(27)23-18-6-4-3-5-17(18)21/h3-7,11,15-16H,8-10,12-14H2,1-2H3,(H2,23,24,27)/t15-/m1/s1. The quantitative estimate of drug-likeness (QED) is 0.663. The van der Waals surface area contributed by atoms with Gasteiger partial charge in [-0.3, -0.25) is 5.32 Å². The zero-order valence-electron chi connectivity index (χ0n) is 16.4. The number of rotatable bonds is 7. The van der Waals surface area contributed by atoms with E-state index in [1.807, 2.05) is 34.6 Å². The Labute approximate surface area is 176 Å². The van der Waals surface area contributed by atoms with Crippen LogP contribution in [-0.4, -0.2) is 51.9 Å². The van der Waals surface area contributed by atoms with Crippen LogP contribution in [0.2, 0.25) is 5.02 Å². The Hall–Kier alpha value is -1.70. The van der Waals surface area contributed by atoms with Crippen LogP contribution < -0.4 is 10.6 Å². The molecule has 1 aromatic carbocycles. The minimum Gasteiger partial charge on any atom is -0.306 e. The van der Waals surface area contributed by atoms with E-state index >= 15 is 0 Å². The number of nitrogens with zero attached hydrogens (tertiary/aromatic N) is 3. The predicted octanol–water partition coefficient (Wildman–Crippen LogP) is 4.96. The maximum absolute atomic E-state index is 12.4. The molecule has 0 bridgehead atoms. The van der Waals surface area contributed by atoms with E-state index in [-0.39, 0.29) is 6.03 Å². The first kappa shape index (κ1) is 21.0. The second kappa shape index (κ2) is 10.2. The van der Waals surface area contributed by atoms with Crippen LogP contribution in [0.4, 0.5) is 16.3 Å². The largest absolute Gasteiger partial charge is 0.324 e.